The lowest BCUT2D eigenvalue weighted by Crippen LogP contribution is -2.50. The number of esters is 1. The smallest absolute Gasteiger partial charge is 0.347 e. The van der Waals surface area contributed by atoms with Crippen molar-refractivity contribution in [1.29, 1.82) is 0 Å². The van der Waals surface area contributed by atoms with Crippen LogP contribution in [0.1, 0.15) is 36.3 Å². The highest BCUT2D eigenvalue weighted by Crippen LogP contribution is 2.25. The van der Waals surface area contributed by atoms with Gasteiger partial charge >= 0.3 is 5.97 Å². The summed E-state index contributed by atoms with van der Waals surface area (Å²) in [5.41, 5.74) is 0.0435. The van der Waals surface area contributed by atoms with Crippen molar-refractivity contribution >= 4 is 23.4 Å². The van der Waals surface area contributed by atoms with Crippen molar-refractivity contribution in [2.24, 2.45) is 5.16 Å². The Hall–Kier alpha value is -3.87. The number of amides is 1. The molecule has 1 aromatic carbocycles. The molecule has 11 nitrogen and oxygen atoms in total. The van der Waals surface area contributed by atoms with Crippen molar-refractivity contribution < 1.29 is 42.2 Å². The number of carbonyl (C=O) groups excluding carboxylic acids is 3. The fourth-order valence-electron chi connectivity index (χ4n) is 3.34. The molecule has 2 heterocycles. The minimum Gasteiger partial charge on any atom is -0.485 e. The second-order valence-corrected chi connectivity index (χ2v) is 7.59. The zero-order valence-corrected chi connectivity index (χ0v) is 19.8. The summed E-state index contributed by atoms with van der Waals surface area (Å²) < 4.78 is 44.4. The fourth-order valence-corrected chi connectivity index (χ4v) is 3.34. The van der Waals surface area contributed by atoms with Crippen LogP contribution in [0, 0.1) is 11.6 Å². The van der Waals surface area contributed by atoms with Crippen LogP contribution in [-0.2, 0) is 23.9 Å². The molecule has 2 aromatic rings. The maximum atomic E-state index is 14.4. The van der Waals surface area contributed by atoms with E-state index in [4.69, 9.17) is 19.0 Å². The zero-order chi connectivity index (χ0) is 26.1. The van der Waals surface area contributed by atoms with E-state index < -0.39 is 47.8 Å². The number of morpholine rings is 1. The molecule has 1 unspecified atom stereocenters. The molecule has 1 N–H and O–H groups in total. The molecule has 36 heavy (non-hydrogen) atoms. The number of hydrogen-bond donors (Lipinski definition) is 1. The van der Waals surface area contributed by atoms with Crippen molar-refractivity contribution in [1.82, 2.24) is 15.1 Å². The van der Waals surface area contributed by atoms with E-state index in [1.165, 1.54) is 17.2 Å². The Labute approximate surface area is 205 Å². The van der Waals surface area contributed by atoms with Crippen LogP contribution in [0.2, 0.25) is 0 Å². The summed E-state index contributed by atoms with van der Waals surface area (Å²) in [7, 11) is 0. The van der Waals surface area contributed by atoms with Crippen LogP contribution >= 0.6 is 0 Å². The van der Waals surface area contributed by atoms with E-state index >= 15 is 0 Å². The van der Waals surface area contributed by atoms with Crippen molar-refractivity contribution in [3.8, 4) is 5.75 Å². The molecule has 1 aliphatic heterocycles. The van der Waals surface area contributed by atoms with E-state index in [2.05, 4.69) is 15.4 Å². The van der Waals surface area contributed by atoms with Gasteiger partial charge in [0.2, 0.25) is 6.61 Å². The Morgan fingerprint density at radius 3 is 2.64 bits per heavy atom. The minimum absolute atomic E-state index is 0.0273. The van der Waals surface area contributed by atoms with Crippen LogP contribution in [-0.4, -0.2) is 84.1 Å². The summed E-state index contributed by atoms with van der Waals surface area (Å²) in [5, 5.41) is 10.2. The van der Waals surface area contributed by atoms with Crippen LogP contribution < -0.4 is 4.74 Å². The van der Waals surface area contributed by atoms with Gasteiger partial charge in [-0.1, -0.05) is 12.1 Å². The predicted octanol–water partition coefficient (Wildman–Crippen LogP) is 1.87. The standard InChI is InChI=1S/C23H26F2N4O7/c1-3-19(30)14-9-16(24)22(17(25)10-14)35-12-15-11-29(7-8-34-15)23(32)21(18-5-6-26-27-18)28-36-13-20(31)33-4-2/h5-6,9-10,15H,3-4,7-8,11-13H2,1-2H3,(H,26,27). The van der Waals surface area contributed by atoms with Gasteiger partial charge in [0.05, 0.1) is 25.5 Å². The van der Waals surface area contributed by atoms with Crippen molar-refractivity contribution in [2.75, 3.05) is 39.5 Å². The highest BCUT2D eigenvalue weighted by atomic mass is 19.1. The highest BCUT2D eigenvalue weighted by Gasteiger charge is 2.30. The number of aromatic amines is 1. The summed E-state index contributed by atoms with van der Waals surface area (Å²) in [5.74, 6) is -4.25. The number of hydrogen-bond acceptors (Lipinski definition) is 9. The first-order valence-electron chi connectivity index (χ1n) is 11.2. The molecule has 1 saturated heterocycles. The molecule has 0 saturated carbocycles. The molecular weight excluding hydrogens is 482 g/mol. The number of oxime groups is 1. The SMILES string of the molecule is CCOC(=O)CON=C(C(=O)N1CCOC(COc2c(F)cc(C(=O)CC)cc2F)C1)c1ccn[nH]1. The van der Waals surface area contributed by atoms with E-state index in [0.717, 1.165) is 12.1 Å². The van der Waals surface area contributed by atoms with Gasteiger partial charge in [0.25, 0.3) is 5.91 Å². The molecule has 13 heteroatoms. The predicted molar refractivity (Wildman–Crippen MR) is 121 cm³/mol. The first-order valence-corrected chi connectivity index (χ1v) is 11.2. The molecule has 1 fully saturated rings. The average molecular weight is 508 g/mol. The third-order valence-corrected chi connectivity index (χ3v) is 5.08. The monoisotopic (exact) mass is 508 g/mol. The van der Waals surface area contributed by atoms with Crippen LogP contribution in [0.25, 0.3) is 0 Å². The fraction of sp³-hybridized carbons (Fsp3) is 0.435. The van der Waals surface area contributed by atoms with Crippen molar-refractivity contribution in [2.45, 2.75) is 26.4 Å². The molecule has 0 radical (unpaired) electrons. The molecule has 0 spiro atoms. The molecule has 1 atom stereocenters. The molecule has 1 amide bonds. The highest BCUT2D eigenvalue weighted by molar-refractivity contribution is 6.44. The van der Waals surface area contributed by atoms with Gasteiger partial charge < -0.3 is 23.9 Å². The second kappa shape index (κ2) is 12.7. The molecule has 0 aliphatic carbocycles. The van der Waals surface area contributed by atoms with Gasteiger partial charge in [-0.2, -0.15) is 5.10 Å². The topological polar surface area (TPSA) is 132 Å². The Bertz CT molecular complexity index is 1080. The van der Waals surface area contributed by atoms with Crippen LogP contribution in [0.5, 0.6) is 5.75 Å². The third kappa shape index (κ3) is 6.84. The van der Waals surface area contributed by atoms with Crippen LogP contribution in [0.15, 0.2) is 29.6 Å². The number of ether oxygens (including phenoxy) is 3. The Kier molecular flexibility index (Phi) is 9.45. The van der Waals surface area contributed by atoms with E-state index in [9.17, 15) is 23.2 Å². The third-order valence-electron chi connectivity index (χ3n) is 5.08. The zero-order valence-electron chi connectivity index (χ0n) is 19.8. The van der Waals surface area contributed by atoms with Gasteiger partial charge in [-0.3, -0.25) is 14.7 Å². The molecule has 1 aliphatic rings. The lowest BCUT2D eigenvalue weighted by Gasteiger charge is -2.32. The number of ketones is 1. The summed E-state index contributed by atoms with van der Waals surface area (Å²) in [6.45, 7) is 3.03. The van der Waals surface area contributed by atoms with Crippen molar-refractivity contribution in [3.63, 3.8) is 0 Å². The lowest BCUT2D eigenvalue weighted by atomic mass is 10.1. The maximum Gasteiger partial charge on any atom is 0.347 e. The Morgan fingerprint density at radius 1 is 1.25 bits per heavy atom. The van der Waals surface area contributed by atoms with Crippen LogP contribution in [0.4, 0.5) is 8.78 Å². The van der Waals surface area contributed by atoms with Gasteiger partial charge in [-0.05, 0) is 25.1 Å². The molecule has 1 aromatic heterocycles. The second-order valence-electron chi connectivity index (χ2n) is 7.59. The normalized spacial score (nSPS) is 15.9. The van der Waals surface area contributed by atoms with Crippen LogP contribution in [0.3, 0.4) is 0 Å². The summed E-state index contributed by atoms with van der Waals surface area (Å²) in [4.78, 5) is 42.8. The number of nitrogens with one attached hydrogen (secondary N) is 1. The van der Waals surface area contributed by atoms with Gasteiger partial charge in [-0.15, -0.1) is 0 Å². The number of rotatable bonds is 11. The number of benzene rings is 1. The molecular formula is C23H26F2N4O7. The number of halogens is 2. The summed E-state index contributed by atoms with van der Waals surface area (Å²) in [6.07, 6.45) is 0.820. The Morgan fingerprint density at radius 2 is 2.00 bits per heavy atom. The number of aromatic nitrogens is 2. The van der Waals surface area contributed by atoms with E-state index in [0.29, 0.717) is 0 Å². The quantitative estimate of drug-likeness (QED) is 0.211. The largest absolute Gasteiger partial charge is 0.485 e. The van der Waals surface area contributed by atoms with Gasteiger partial charge in [-0.25, -0.2) is 13.6 Å². The van der Waals surface area contributed by atoms with E-state index in [1.54, 1.807) is 13.8 Å². The van der Waals surface area contributed by atoms with E-state index in [-0.39, 0.29) is 56.3 Å². The maximum absolute atomic E-state index is 14.4. The number of nitrogens with zero attached hydrogens (tertiary/aromatic N) is 3. The Balaban J connectivity index is 1.66. The molecule has 3 rings (SSSR count). The van der Waals surface area contributed by atoms with Crippen molar-refractivity contribution in [3.05, 3.63) is 47.3 Å². The van der Waals surface area contributed by atoms with Gasteiger partial charge in [0.15, 0.2) is 28.9 Å². The first-order chi connectivity index (χ1) is 17.3. The summed E-state index contributed by atoms with van der Waals surface area (Å²) >= 11 is 0. The minimum atomic E-state index is -1.01. The van der Waals surface area contributed by atoms with E-state index in [1.807, 2.05) is 0 Å². The first kappa shape index (κ1) is 26.7. The van der Waals surface area contributed by atoms with Gasteiger partial charge in [0.1, 0.15) is 12.7 Å². The molecule has 0 bridgehead atoms. The number of Topliss-reactive ketones (excluding diaryl/α,β-unsaturated/α-hetero) is 1. The number of carbonyl (C=O) groups is 3. The average Bonchev–Trinajstić information content (AvgIpc) is 3.40. The lowest BCUT2D eigenvalue weighted by molar-refractivity contribution is -0.148. The number of H-pyrrole nitrogens is 1. The summed E-state index contributed by atoms with van der Waals surface area (Å²) in [6, 6.07) is 3.35. The van der Waals surface area contributed by atoms with Gasteiger partial charge in [0, 0.05) is 24.7 Å². The molecule has 194 valence electrons.